The van der Waals surface area contributed by atoms with E-state index in [2.05, 4.69) is 12.2 Å². The Morgan fingerprint density at radius 2 is 2.43 bits per heavy atom. The van der Waals surface area contributed by atoms with E-state index < -0.39 is 6.10 Å². The number of ether oxygens (including phenoxy) is 2. The Balaban J connectivity index is 2.10. The van der Waals surface area contributed by atoms with Gasteiger partial charge in [-0.05, 0) is 19.8 Å². The van der Waals surface area contributed by atoms with Gasteiger partial charge in [0.1, 0.15) is 0 Å². The summed E-state index contributed by atoms with van der Waals surface area (Å²) in [4.78, 5) is 0. The van der Waals surface area contributed by atoms with Crippen LogP contribution in [0.15, 0.2) is 0 Å². The van der Waals surface area contributed by atoms with Crippen LogP contribution in [0.25, 0.3) is 0 Å². The lowest BCUT2D eigenvalue weighted by molar-refractivity contribution is 0.0495. The lowest BCUT2D eigenvalue weighted by Crippen LogP contribution is -2.42. The lowest BCUT2D eigenvalue weighted by atomic mass is 10.1. The van der Waals surface area contributed by atoms with Crippen molar-refractivity contribution in [3.8, 4) is 0 Å². The minimum Gasteiger partial charge on any atom is -0.389 e. The largest absolute Gasteiger partial charge is 0.389 e. The topological polar surface area (TPSA) is 50.7 Å². The van der Waals surface area contributed by atoms with E-state index in [1.54, 1.807) is 7.11 Å². The van der Waals surface area contributed by atoms with Gasteiger partial charge in [0, 0.05) is 26.3 Å². The van der Waals surface area contributed by atoms with Crippen LogP contribution in [0.3, 0.4) is 0 Å². The van der Waals surface area contributed by atoms with E-state index in [0.29, 0.717) is 25.3 Å². The predicted octanol–water partition coefficient (Wildman–Crippen LogP) is 0.151. The fraction of sp³-hybridized carbons (Fsp3) is 1.00. The van der Waals surface area contributed by atoms with Gasteiger partial charge in [0.2, 0.25) is 0 Å². The second-order valence-electron chi connectivity index (χ2n) is 3.86. The molecular weight excluding hydrogens is 182 g/mol. The third-order valence-corrected chi connectivity index (χ3v) is 2.56. The van der Waals surface area contributed by atoms with Crippen molar-refractivity contribution in [2.75, 3.05) is 26.9 Å². The van der Waals surface area contributed by atoms with Crippen molar-refractivity contribution >= 4 is 0 Å². The average Bonchev–Trinajstić information content (AvgIpc) is 2.67. The van der Waals surface area contributed by atoms with E-state index in [0.717, 1.165) is 19.4 Å². The van der Waals surface area contributed by atoms with E-state index in [1.165, 1.54) is 0 Å². The number of rotatable bonds is 6. The highest BCUT2D eigenvalue weighted by Gasteiger charge is 2.22. The molecule has 84 valence electrons. The monoisotopic (exact) mass is 203 g/mol. The molecule has 1 rings (SSSR count). The van der Waals surface area contributed by atoms with Gasteiger partial charge in [0.25, 0.3) is 0 Å². The molecule has 0 aromatic carbocycles. The van der Waals surface area contributed by atoms with Gasteiger partial charge in [0.15, 0.2) is 0 Å². The first kappa shape index (κ1) is 11.9. The third-order valence-electron chi connectivity index (χ3n) is 2.56. The van der Waals surface area contributed by atoms with Gasteiger partial charge in [-0.2, -0.15) is 0 Å². The van der Waals surface area contributed by atoms with Crippen molar-refractivity contribution in [1.82, 2.24) is 5.32 Å². The van der Waals surface area contributed by atoms with E-state index in [-0.39, 0.29) is 0 Å². The Labute approximate surface area is 85.6 Å². The molecule has 0 aromatic heterocycles. The summed E-state index contributed by atoms with van der Waals surface area (Å²) in [6.45, 7) is 3.91. The second-order valence-corrected chi connectivity index (χ2v) is 3.86. The Morgan fingerprint density at radius 3 is 3.00 bits per heavy atom. The number of aliphatic hydroxyl groups excluding tert-OH is 1. The van der Waals surface area contributed by atoms with Crippen LogP contribution in [0.5, 0.6) is 0 Å². The van der Waals surface area contributed by atoms with Crippen LogP contribution in [0.1, 0.15) is 19.8 Å². The molecule has 1 saturated heterocycles. The summed E-state index contributed by atoms with van der Waals surface area (Å²) in [6.07, 6.45) is 2.15. The fourth-order valence-corrected chi connectivity index (χ4v) is 1.70. The van der Waals surface area contributed by atoms with Crippen molar-refractivity contribution < 1.29 is 14.6 Å². The zero-order valence-electron chi connectivity index (χ0n) is 9.03. The summed E-state index contributed by atoms with van der Waals surface area (Å²) >= 11 is 0. The molecule has 4 heteroatoms. The van der Waals surface area contributed by atoms with Crippen LogP contribution in [0.2, 0.25) is 0 Å². The number of methoxy groups -OCH3 is 1. The van der Waals surface area contributed by atoms with Crippen LogP contribution in [-0.2, 0) is 9.47 Å². The zero-order valence-corrected chi connectivity index (χ0v) is 9.03. The van der Waals surface area contributed by atoms with Crippen molar-refractivity contribution in [3.63, 3.8) is 0 Å². The molecule has 1 fully saturated rings. The van der Waals surface area contributed by atoms with Crippen LogP contribution in [-0.4, -0.2) is 50.2 Å². The number of nitrogens with one attached hydrogen (secondary N) is 1. The molecule has 1 aliphatic rings. The van der Waals surface area contributed by atoms with Gasteiger partial charge in [-0.1, -0.05) is 0 Å². The smallest absolute Gasteiger partial charge is 0.0897 e. The molecule has 3 atom stereocenters. The van der Waals surface area contributed by atoms with Crippen molar-refractivity contribution in [3.05, 3.63) is 0 Å². The lowest BCUT2D eigenvalue weighted by Gasteiger charge is -2.21. The third kappa shape index (κ3) is 3.92. The van der Waals surface area contributed by atoms with Gasteiger partial charge in [0.05, 0.1) is 18.8 Å². The summed E-state index contributed by atoms with van der Waals surface area (Å²) in [5, 5.41) is 12.7. The van der Waals surface area contributed by atoms with Crippen LogP contribution < -0.4 is 5.32 Å². The summed E-state index contributed by atoms with van der Waals surface area (Å²) in [5.74, 6) is 0. The molecule has 0 bridgehead atoms. The van der Waals surface area contributed by atoms with Gasteiger partial charge in [-0.3, -0.25) is 0 Å². The quantitative estimate of drug-likeness (QED) is 0.645. The van der Waals surface area contributed by atoms with Crippen LogP contribution >= 0.6 is 0 Å². The summed E-state index contributed by atoms with van der Waals surface area (Å²) < 4.78 is 10.4. The maximum atomic E-state index is 9.41. The van der Waals surface area contributed by atoms with Crippen molar-refractivity contribution in [2.24, 2.45) is 0 Å². The number of hydrogen-bond donors (Lipinski definition) is 2. The standard InChI is InChI=1S/C10H21NO3/c1-8(10-4-3-5-14-10)11-6-9(12)7-13-2/h8-12H,3-7H2,1-2H3. The minimum absolute atomic E-state index is 0.309. The zero-order chi connectivity index (χ0) is 10.4. The Bertz CT molecular complexity index is 148. The molecule has 0 saturated carbocycles. The summed E-state index contributed by atoms with van der Waals surface area (Å²) in [7, 11) is 1.59. The van der Waals surface area contributed by atoms with E-state index in [1.807, 2.05) is 0 Å². The Morgan fingerprint density at radius 1 is 1.64 bits per heavy atom. The van der Waals surface area contributed by atoms with E-state index in [9.17, 15) is 5.11 Å². The molecule has 1 heterocycles. The molecule has 1 aliphatic heterocycles. The molecule has 4 nitrogen and oxygen atoms in total. The maximum absolute atomic E-state index is 9.41. The number of aliphatic hydroxyl groups is 1. The molecule has 0 spiro atoms. The van der Waals surface area contributed by atoms with Gasteiger partial charge >= 0.3 is 0 Å². The number of hydrogen-bond acceptors (Lipinski definition) is 4. The highest BCUT2D eigenvalue weighted by molar-refractivity contribution is 4.77. The van der Waals surface area contributed by atoms with E-state index >= 15 is 0 Å². The molecule has 0 radical (unpaired) electrons. The highest BCUT2D eigenvalue weighted by Crippen LogP contribution is 2.15. The van der Waals surface area contributed by atoms with E-state index in [4.69, 9.17) is 9.47 Å². The first-order chi connectivity index (χ1) is 6.74. The highest BCUT2D eigenvalue weighted by atomic mass is 16.5. The van der Waals surface area contributed by atoms with Crippen molar-refractivity contribution in [2.45, 2.75) is 38.0 Å². The maximum Gasteiger partial charge on any atom is 0.0897 e. The summed E-state index contributed by atoms with van der Waals surface area (Å²) in [6, 6.07) is 0.309. The van der Waals surface area contributed by atoms with Gasteiger partial charge in [-0.15, -0.1) is 0 Å². The second kappa shape index (κ2) is 6.35. The molecule has 0 amide bonds. The van der Waals surface area contributed by atoms with Crippen LogP contribution in [0.4, 0.5) is 0 Å². The first-order valence-corrected chi connectivity index (χ1v) is 5.26. The molecule has 14 heavy (non-hydrogen) atoms. The minimum atomic E-state index is -0.427. The Kier molecular flexibility index (Phi) is 5.40. The SMILES string of the molecule is COCC(O)CNC(C)C1CCCO1. The molecule has 3 unspecified atom stereocenters. The van der Waals surface area contributed by atoms with Crippen molar-refractivity contribution in [1.29, 1.82) is 0 Å². The van der Waals surface area contributed by atoms with Crippen LogP contribution in [0, 0.1) is 0 Å². The van der Waals surface area contributed by atoms with Gasteiger partial charge < -0.3 is 19.9 Å². The predicted molar refractivity (Wildman–Crippen MR) is 54.3 cm³/mol. The Hall–Kier alpha value is -0.160. The first-order valence-electron chi connectivity index (χ1n) is 5.26. The summed E-state index contributed by atoms with van der Waals surface area (Å²) in [5.41, 5.74) is 0. The van der Waals surface area contributed by atoms with Gasteiger partial charge in [-0.25, -0.2) is 0 Å². The average molecular weight is 203 g/mol. The normalized spacial score (nSPS) is 26.4. The fourth-order valence-electron chi connectivity index (χ4n) is 1.70. The molecule has 0 aliphatic carbocycles. The molecule has 0 aromatic rings. The molecular formula is C10H21NO3. The molecule has 2 N–H and O–H groups in total.